The van der Waals surface area contributed by atoms with E-state index in [1.54, 1.807) is 18.2 Å². The summed E-state index contributed by atoms with van der Waals surface area (Å²) in [5, 5.41) is 0.589. The standard InChI is InChI=1S/C18H15Cl2NO2/c1-8(2)13-9-6-7-10(13)15-14(9)17(22)21(18(15)23)12-5-3-4-11(19)16(12)20/h3-7,9-10,14-15H,1-2H3/t9-,10-,14-,15-/m1/s1. The van der Waals surface area contributed by atoms with Gasteiger partial charge in [0.2, 0.25) is 11.8 Å². The second-order valence-electron chi connectivity index (χ2n) is 6.53. The third-order valence-corrected chi connectivity index (χ3v) is 5.97. The highest BCUT2D eigenvalue weighted by atomic mass is 35.5. The van der Waals surface area contributed by atoms with Crippen molar-refractivity contribution in [3.63, 3.8) is 0 Å². The number of carbonyl (C=O) groups is 2. The lowest BCUT2D eigenvalue weighted by molar-refractivity contribution is -0.122. The van der Waals surface area contributed by atoms with E-state index >= 15 is 0 Å². The minimum Gasteiger partial charge on any atom is -0.274 e. The van der Waals surface area contributed by atoms with E-state index in [1.807, 2.05) is 13.8 Å². The molecule has 2 bridgehead atoms. The smallest absolute Gasteiger partial charge is 0.238 e. The summed E-state index contributed by atoms with van der Waals surface area (Å²) >= 11 is 12.3. The molecule has 5 heteroatoms. The van der Waals surface area contributed by atoms with Crippen LogP contribution in [0.3, 0.4) is 0 Å². The highest BCUT2D eigenvalue weighted by Gasteiger charge is 2.62. The van der Waals surface area contributed by atoms with Gasteiger partial charge in [0.15, 0.2) is 0 Å². The van der Waals surface area contributed by atoms with Gasteiger partial charge in [-0.05, 0) is 26.0 Å². The molecule has 0 spiro atoms. The van der Waals surface area contributed by atoms with Crippen molar-refractivity contribution in [2.45, 2.75) is 13.8 Å². The first-order chi connectivity index (χ1) is 10.9. The van der Waals surface area contributed by atoms with Crippen LogP contribution in [-0.4, -0.2) is 11.8 Å². The molecule has 1 saturated heterocycles. The molecule has 0 unspecified atom stereocenters. The maximum atomic E-state index is 13.0. The van der Waals surface area contributed by atoms with Crippen molar-refractivity contribution < 1.29 is 9.59 Å². The first-order valence-corrected chi connectivity index (χ1v) is 8.36. The topological polar surface area (TPSA) is 37.4 Å². The van der Waals surface area contributed by atoms with E-state index in [9.17, 15) is 9.59 Å². The third kappa shape index (κ3) is 1.84. The van der Waals surface area contributed by atoms with Crippen molar-refractivity contribution in [2.24, 2.45) is 23.7 Å². The third-order valence-electron chi connectivity index (χ3n) is 5.17. The van der Waals surface area contributed by atoms with Crippen LogP contribution in [0.4, 0.5) is 5.69 Å². The number of carbonyl (C=O) groups excluding carboxylic acids is 2. The molecule has 1 heterocycles. The summed E-state index contributed by atoms with van der Waals surface area (Å²) in [6, 6.07) is 5.01. The Balaban J connectivity index is 1.80. The molecule has 2 fully saturated rings. The summed E-state index contributed by atoms with van der Waals surface area (Å²) in [5.74, 6) is -0.877. The van der Waals surface area contributed by atoms with E-state index in [0.717, 1.165) is 0 Å². The van der Waals surface area contributed by atoms with Crippen LogP contribution in [0.25, 0.3) is 0 Å². The Kier molecular flexibility index (Phi) is 3.23. The van der Waals surface area contributed by atoms with E-state index in [0.29, 0.717) is 10.7 Å². The van der Waals surface area contributed by atoms with E-state index in [1.165, 1.54) is 16.0 Å². The normalized spacial score (nSPS) is 31.3. The second-order valence-corrected chi connectivity index (χ2v) is 7.31. The maximum Gasteiger partial charge on any atom is 0.238 e. The predicted octanol–water partition coefficient (Wildman–Crippen LogP) is 4.25. The molecule has 3 aliphatic rings. The Hall–Kier alpha value is -1.58. The monoisotopic (exact) mass is 347 g/mol. The number of anilines is 1. The van der Waals surface area contributed by atoms with Crippen molar-refractivity contribution in [2.75, 3.05) is 4.90 Å². The fourth-order valence-corrected chi connectivity index (χ4v) is 4.71. The van der Waals surface area contributed by atoms with Gasteiger partial charge < -0.3 is 0 Å². The van der Waals surface area contributed by atoms with Gasteiger partial charge in [-0.1, -0.05) is 52.6 Å². The van der Waals surface area contributed by atoms with E-state index in [-0.39, 0.29) is 40.5 Å². The summed E-state index contributed by atoms with van der Waals surface area (Å²) < 4.78 is 0. The SMILES string of the molecule is CC(C)=C1[C@H]2C=C[C@H]1[C@H]1C(=O)N(c3cccc(Cl)c3Cl)C(=O)[C@@H]12. The van der Waals surface area contributed by atoms with Crippen molar-refractivity contribution >= 4 is 40.7 Å². The average Bonchev–Trinajstić information content (AvgIpc) is 3.13. The molecule has 4 atom stereocenters. The van der Waals surface area contributed by atoms with Crippen LogP contribution < -0.4 is 4.90 Å². The summed E-state index contributed by atoms with van der Waals surface area (Å²) in [6.07, 6.45) is 4.14. The molecule has 0 N–H and O–H groups in total. The molecule has 1 aromatic rings. The molecule has 0 radical (unpaired) electrons. The van der Waals surface area contributed by atoms with Gasteiger partial charge in [0.1, 0.15) is 0 Å². The minimum absolute atomic E-state index is 0.0365. The highest BCUT2D eigenvalue weighted by Crippen LogP contribution is 2.57. The maximum absolute atomic E-state index is 13.0. The van der Waals surface area contributed by atoms with Crippen molar-refractivity contribution in [3.8, 4) is 0 Å². The van der Waals surface area contributed by atoms with Gasteiger partial charge in [0.25, 0.3) is 0 Å². The molecule has 23 heavy (non-hydrogen) atoms. The summed E-state index contributed by atoms with van der Waals surface area (Å²) in [4.78, 5) is 27.2. The van der Waals surface area contributed by atoms with Gasteiger partial charge in [-0.15, -0.1) is 0 Å². The van der Waals surface area contributed by atoms with Crippen LogP contribution in [-0.2, 0) is 9.59 Å². The minimum atomic E-state index is -0.308. The Morgan fingerprint density at radius 1 is 1.00 bits per heavy atom. The number of benzene rings is 1. The molecule has 4 rings (SSSR count). The van der Waals surface area contributed by atoms with E-state index < -0.39 is 0 Å². The van der Waals surface area contributed by atoms with Crippen LogP contribution in [0.15, 0.2) is 41.5 Å². The van der Waals surface area contributed by atoms with Gasteiger partial charge in [-0.2, -0.15) is 0 Å². The molecular weight excluding hydrogens is 333 g/mol. The largest absolute Gasteiger partial charge is 0.274 e. The quantitative estimate of drug-likeness (QED) is 0.562. The fraction of sp³-hybridized carbons (Fsp3) is 0.333. The summed E-state index contributed by atoms with van der Waals surface area (Å²) in [7, 11) is 0. The molecule has 1 aromatic carbocycles. The van der Waals surface area contributed by atoms with Gasteiger partial charge >= 0.3 is 0 Å². The Bertz CT molecular complexity index is 773. The highest BCUT2D eigenvalue weighted by molar-refractivity contribution is 6.45. The van der Waals surface area contributed by atoms with E-state index in [2.05, 4.69) is 12.2 Å². The van der Waals surface area contributed by atoms with Gasteiger partial charge in [0, 0.05) is 11.8 Å². The number of hydrogen-bond donors (Lipinski definition) is 0. The van der Waals surface area contributed by atoms with Crippen LogP contribution in [0.1, 0.15) is 13.8 Å². The Labute approximate surface area is 144 Å². The van der Waals surface area contributed by atoms with Gasteiger partial charge in [-0.3, -0.25) is 9.59 Å². The van der Waals surface area contributed by atoms with Crippen molar-refractivity contribution in [1.82, 2.24) is 0 Å². The molecule has 3 nitrogen and oxygen atoms in total. The first-order valence-electron chi connectivity index (χ1n) is 7.61. The molecule has 1 saturated carbocycles. The number of amides is 2. The lowest BCUT2D eigenvalue weighted by Crippen LogP contribution is -2.33. The first kappa shape index (κ1) is 15.0. The number of nitrogens with zero attached hydrogens (tertiary/aromatic N) is 1. The Morgan fingerprint density at radius 3 is 2.09 bits per heavy atom. The zero-order chi connectivity index (χ0) is 16.5. The average molecular weight is 348 g/mol. The number of imide groups is 1. The fourth-order valence-electron chi connectivity index (χ4n) is 4.33. The Morgan fingerprint density at radius 2 is 1.57 bits per heavy atom. The second kappa shape index (κ2) is 4.96. The number of halogens is 2. The molecule has 2 amide bonds. The van der Waals surface area contributed by atoms with Gasteiger partial charge in [0.05, 0.1) is 27.6 Å². The molecule has 2 aliphatic carbocycles. The van der Waals surface area contributed by atoms with Gasteiger partial charge in [-0.25, -0.2) is 4.90 Å². The number of rotatable bonds is 1. The van der Waals surface area contributed by atoms with Crippen molar-refractivity contribution in [1.29, 1.82) is 0 Å². The molecule has 118 valence electrons. The molecule has 1 aliphatic heterocycles. The van der Waals surface area contributed by atoms with Crippen LogP contribution >= 0.6 is 23.2 Å². The zero-order valence-corrected chi connectivity index (χ0v) is 14.2. The molecule has 0 aromatic heterocycles. The lowest BCUT2D eigenvalue weighted by Gasteiger charge is -2.20. The predicted molar refractivity (Wildman–Crippen MR) is 90.4 cm³/mol. The zero-order valence-electron chi connectivity index (χ0n) is 12.7. The summed E-state index contributed by atoms with van der Waals surface area (Å²) in [5.41, 5.74) is 2.83. The number of hydrogen-bond acceptors (Lipinski definition) is 2. The van der Waals surface area contributed by atoms with Crippen molar-refractivity contribution in [3.05, 3.63) is 51.5 Å². The van der Waals surface area contributed by atoms with E-state index in [4.69, 9.17) is 23.2 Å². The lowest BCUT2D eigenvalue weighted by atomic mass is 9.85. The number of fused-ring (bicyclic) bond motifs is 5. The van der Waals surface area contributed by atoms with Crippen LogP contribution in [0.5, 0.6) is 0 Å². The van der Waals surface area contributed by atoms with Crippen LogP contribution in [0.2, 0.25) is 10.0 Å². The number of allylic oxidation sites excluding steroid dienone is 4. The molecular formula is C18H15Cl2NO2. The summed E-state index contributed by atoms with van der Waals surface area (Å²) in [6.45, 7) is 4.09. The van der Waals surface area contributed by atoms with Crippen LogP contribution in [0, 0.1) is 23.7 Å².